The molecule has 0 unspecified atom stereocenters. The summed E-state index contributed by atoms with van der Waals surface area (Å²) >= 11 is 0. The van der Waals surface area contributed by atoms with Crippen molar-refractivity contribution in [2.75, 3.05) is 0 Å². The molecule has 0 atom stereocenters. The van der Waals surface area contributed by atoms with E-state index in [1.165, 1.54) is 12.1 Å². The quantitative estimate of drug-likeness (QED) is 0.471. The zero-order valence-electron chi connectivity index (χ0n) is 14.1. The first-order valence-electron chi connectivity index (χ1n) is 7.97. The first-order chi connectivity index (χ1) is 12.5. The van der Waals surface area contributed by atoms with Crippen molar-refractivity contribution in [3.05, 3.63) is 90.0 Å². The van der Waals surface area contributed by atoms with Crippen LogP contribution in [0, 0.1) is 0 Å². The molecule has 3 rings (SSSR count). The Morgan fingerprint density at radius 1 is 0.885 bits per heavy atom. The first kappa shape index (κ1) is 17.7. The van der Waals surface area contributed by atoms with Crippen LogP contribution in [0.1, 0.15) is 12.5 Å². The lowest BCUT2D eigenvalue weighted by atomic mass is 10.0. The van der Waals surface area contributed by atoms with Crippen LogP contribution in [-0.2, 0) is 10.0 Å². The van der Waals surface area contributed by atoms with Gasteiger partial charge in [-0.15, -0.1) is 0 Å². The molecule has 0 aliphatic heterocycles. The van der Waals surface area contributed by atoms with E-state index in [-0.39, 0.29) is 4.90 Å². The minimum absolute atomic E-state index is 0.167. The molecule has 6 heteroatoms. The first-order valence-corrected chi connectivity index (χ1v) is 9.41. The van der Waals surface area contributed by atoms with Crippen LogP contribution in [0.2, 0.25) is 0 Å². The van der Waals surface area contributed by atoms with Gasteiger partial charge >= 0.3 is 0 Å². The van der Waals surface area contributed by atoms with Gasteiger partial charge in [0.15, 0.2) is 0 Å². The van der Waals surface area contributed by atoms with Gasteiger partial charge in [-0.1, -0.05) is 48.5 Å². The van der Waals surface area contributed by atoms with Gasteiger partial charge in [-0.05, 0) is 48.4 Å². The SMILES string of the molecule is CC1=CC(=N/N=C/c2ccccc2)/C=CC/1=N/S(=O)(=O)c1ccccc1. The minimum Gasteiger partial charge on any atom is -0.199 e. The summed E-state index contributed by atoms with van der Waals surface area (Å²) in [6, 6.07) is 17.8. The van der Waals surface area contributed by atoms with Gasteiger partial charge in [0, 0.05) is 0 Å². The minimum atomic E-state index is -3.74. The average Bonchev–Trinajstić information content (AvgIpc) is 2.65. The van der Waals surface area contributed by atoms with Crippen LogP contribution < -0.4 is 0 Å². The number of benzene rings is 2. The molecule has 0 bridgehead atoms. The van der Waals surface area contributed by atoms with E-state index in [1.54, 1.807) is 49.6 Å². The molecule has 26 heavy (non-hydrogen) atoms. The fourth-order valence-electron chi connectivity index (χ4n) is 2.28. The second-order valence-electron chi connectivity index (χ2n) is 5.61. The highest BCUT2D eigenvalue weighted by Crippen LogP contribution is 2.15. The highest BCUT2D eigenvalue weighted by Gasteiger charge is 2.15. The standard InChI is InChI=1S/C20H17N3O2S/c1-16-14-18(22-21-15-17-8-4-2-5-9-17)12-13-20(16)23-26(24,25)19-10-6-3-7-11-19/h2-15H,1H3/b21-15+,22-18+,23-20-. The van der Waals surface area contributed by atoms with Crippen molar-refractivity contribution in [1.82, 2.24) is 0 Å². The van der Waals surface area contributed by atoms with Gasteiger partial charge in [-0.3, -0.25) is 0 Å². The molecule has 0 spiro atoms. The zero-order valence-corrected chi connectivity index (χ0v) is 15.0. The smallest absolute Gasteiger partial charge is 0.199 e. The van der Waals surface area contributed by atoms with Crippen molar-refractivity contribution in [2.45, 2.75) is 11.8 Å². The summed E-state index contributed by atoms with van der Waals surface area (Å²) in [5.74, 6) is 0. The number of rotatable bonds is 4. The summed E-state index contributed by atoms with van der Waals surface area (Å²) in [6.45, 7) is 1.79. The molecule has 5 nitrogen and oxygen atoms in total. The maximum Gasteiger partial charge on any atom is 0.282 e. The van der Waals surface area contributed by atoms with Gasteiger partial charge in [0.1, 0.15) is 0 Å². The van der Waals surface area contributed by atoms with E-state index in [4.69, 9.17) is 0 Å². The predicted molar refractivity (Wildman–Crippen MR) is 105 cm³/mol. The fraction of sp³-hybridized carbons (Fsp3) is 0.0500. The van der Waals surface area contributed by atoms with E-state index in [2.05, 4.69) is 14.6 Å². The molecule has 2 aromatic carbocycles. The normalized spacial score (nSPS) is 17.8. The predicted octanol–water partition coefficient (Wildman–Crippen LogP) is 3.81. The van der Waals surface area contributed by atoms with E-state index in [0.29, 0.717) is 17.0 Å². The molecule has 1 aliphatic carbocycles. The third-order valence-electron chi connectivity index (χ3n) is 3.62. The lowest BCUT2D eigenvalue weighted by Crippen LogP contribution is -2.09. The Morgan fingerprint density at radius 2 is 1.54 bits per heavy atom. The van der Waals surface area contributed by atoms with Crippen molar-refractivity contribution < 1.29 is 8.42 Å². The summed E-state index contributed by atoms with van der Waals surface area (Å²) in [4.78, 5) is 0.167. The molecular formula is C20H17N3O2S. The molecule has 0 N–H and O–H groups in total. The van der Waals surface area contributed by atoms with Crippen LogP contribution >= 0.6 is 0 Å². The Hall–Kier alpha value is -3.12. The maximum absolute atomic E-state index is 12.4. The summed E-state index contributed by atoms with van der Waals surface area (Å²) in [7, 11) is -3.74. The van der Waals surface area contributed by atoms with Crippen molar-refractivity contribution in [1.29, 1.82) is 0 Å². The Kier molecular flexibility index (Phi) is 5.34. The van der Waals surface area contributed by atoms with Crippen LogP contribution in [0.15, 0.2) is 104 Å². The highest BCUT2D eigenvalue weighted by molar-refractivity contribution is 7.90. The summed E-state index contributed by atoms with van der Waals surface area (Å²) < 4.78 is 28.6. The van der Waals surface area contributed by atoms with E-state index >= 15 is 0 Å². The van der Waals surface area contributed by atoms with Crippen LogP contribution in [0.4, 0.5) is 0 Å². The highest BCUT2D eigenvalue weighted by atomic mass is 32.2. The molecule has 0 radical (unpaired) electrons. The van der Waals surface area contributed by atoms with Gasteiger partial charge in [0.25, 0.3) is 10.0 Å². The molecule has 0 aromatic heterocycles. The summed E-state index contributed by atoms with van der Waals surface area (Å²) in [5.41, 5.74) is 2.68. The largest absolute Gasteiger partial charge is 0.282 e. The third-order valence-corrected chi connectivity index (χ3v) is 4.92. The molecule has 130 valence electrons. The van der Waals surface area contributed by atoms with Gasteiger partial charge in [0.05, 0.1) is 22.5 Å². The van der Waals surface area contributed by atoms with E-state index in [0.717, 1.165) is 5.56 Å². The van der Waals surface area contributed by atoms with E-state index in [9.17, 15) is 8.42 Å². The van der Waals surface area contributed by atoms with Gasteiger partial charge in [-0.2, -0.15) is 23.0 Å². The van der Waals surface area contributed by atoms with Gasteiger partial charge in [0.2, 0.25) is 0 Å². The molecule has 0 saturated carbocycles. The monoisotopic (exact) mass is 363 g/mol. The number of nitrogens with zero attached hydrogens (tertiary/aromatic N) is 3. The second kappa shape index (κ2) is 7.84. The van der Waals surface area contributed by atoms with Gasteiger partial charge < -0.3 is 0 Å². The summed E-state index contributed by atoms with van der Waals surface area (Å²) in [5, 5.41) is 8.19. The topological polar surface area (TPSA) is 71.2 Å². The molecule has 0 saturated heterocycles. The molecule has 2 aromatic rings. The fourth-order valence-corrected chi connectivity index (χ4v) is 3.35. The molecular weight excluding hydrogens is 346 g/mol. The number of allylic oxidation sites excluding steroid dienone is 4. The average molecular weight is 363 g/mol. The van der Waals surface area contributed by atoms with Crippen molar-refractivity contribution in [3.8, 4) is 0 Å². The molecule has 0 heterocycles. The van der Waals surface area contributed by atoms with Crippen LogP contribution in [0.3, 0.4) is 0 Å². The second-order valence-corrected chi connectivity index (χ2v) is 7.21. The number of hydrogen-bond acceptors (Lipinski definition) is 4. The molecule has 0 amide bonds. The van der Waals surface area contributed by atoms with Gasteiger partial charge in [-0.25, -0.2) is 0 Å². The van der Waals surface area contributed by atoms with Crippen molar-refractivity contribution >= 4 is 27.7 Å². The Bertz CT molecular complexity index is 1030. The third kappa shape index (κ3) is 4.49. The lowest BCUT2D eigenvalue weighted by molar-refractivity contribution is 0.598. The molecule has 1 aliphatic rings. The van der Waals surface area contributed by atoms with Crippen LogP contribution in [0.25, 0.3) is 0 Å². The lowest BCUT2D eigenvalue weighted by Gasteiger charge is -2.07. The Balaban J connectivity index is 1.79. The zero-order chi connectivity index (χ0) is 18.4. The van der Waals surface area contributed by atoms with Crippen molar-refractivity contribution in [2.24, 2.45) is 14.6 Å². The molecule has 0 fully saturated rings. The van der Waals surface area contributed by atoms with E-state index < -0.39 is 10.0 Å². The Labute approximate surface area is 152 Å². The van der Waals surface area contributed by atoms with Crippen LogP contribution in [0.5, 0.6) is 0 Å². The number of hydrogen-bond donors (Lipinski definition) is 0. The Morgan fingerprint density at radius 3 is 2.19 bits per heavy atom. The van der Waals surface area contributed by atoms with Crippen molar-refractivity contribution in [3.63, 3.8) is 0 Å². The summed E-state index contributed by atoms with van der Waals surface area (Å²) in [6.07, 6.45) is 6.73. The van der Waals surface area contributed by atoms with E-state index in [1.807, 2.05) is 30.3 Å². The number of sulfonamides is 1. The van der Waals surface area contributed by atoms with Crippen LogP contribution in [-0.4, -0.2) is 26.1 Å². The maximum atomic E-state index is 12.4.